The van der Waals surface area contributed by atoms with Crippen molar-refractivity contribution >= 4 is 11.9 Å². The number of carbonyl (C=O) groups is 2. The fraction of sp³-hybridized carbons (Fsp3) is 0.800. The van der Waals surface area contributed by atoms with Crippen molar-refractivity contribution in [1.82, 2.24) is 20.9 Å². The molecular weight excluding hydrogens is 265 g/mol. The average Bonchev–Trinajstić information content (AvgIpc) is 2.29. The summed E-state index contributed by atoms with van der Waals surface area (Å²) in [5, 5.41) is 6.58. The minimum atomic E-state index is -4.49. The van der Waals surface area contributed by atoms with Crippen molar-refractivity contribution in [1.29, 1.82) is 0 Å². The van der Waals surface area contributed by atoms with Crippen LogP contribution in [0.4, 0.5) is 18.0 Å². The van der Waals surface area contributed by atoms with Crippen molar-refractivity contribution in [3.05, 3.63) is 0 Å². The maximum Gasteiger partial charge on any atom is 0.405 e. The van der Waals surface area contributed by atoms with Crippen LogP contribution < -0.4 is 16.0 Å². The number of piperazine rings is 1. The summed E-state index contributed by atoms with van der Waals surface area (Å²) in [6.07, 6.45) is -4.49. The van der Waals surface area contributed by atoms with E-state index in [9.17, 15) is 22.8 Å². The molecule has 1 atom stereocenters. The Morgan fingerprint density at radius 3 is 2.68 bits per heavy atom. The number of nitrogens with one attached hydrogen (secondary N) is 3. The fourth-order valence-corrected chi connectivity index (χ4v) is 1.69. The summed E-state index contributed by atoms with van der Waals surface area (Å²) in [6.45, 7) is 2.56. The molecule has 0 aliphatic carbocycles. The monoisotopic (exact) mass is 282 g/mol. The van der Waals surface area contributed by atoms with Gasteiger partial charge in [0.15, 0.2) is 0 Å². The van der Waals surface area contributed by atoms with E-state index < -0.39 is 24.7 Å². The van der Waals surface area contributed by atoms with Gasteiger partial charge in [-0.15, -0.1) is 0 Å². The molecule has 0 unspecified atom stereocenters. The van der Waals surface area contributed by atoms with E-state index in [-0.39, 0.29) is 12.6 Å². The van der Waals surface area contributed by atoms with Gasteiger partial charge in [0.1, 0.15) is 6.54 Å². The van der Waals surface area contributed by atoms with Gasteiger partial charge in [0, 0.05) is 25.7 Å². The molecule has 0 aromatic heterocycles. The number of amides is 3. The van der Waals surface area contributed by atoms with E-state index in [0.717, 1.165) is 13.1 Å². The molecule has 6 nitrogen and oxygen atoms in total. The van der Waals surface area contributed by atoms with Crippen LogP contribution in [0.15, 0.2) is 0 Å². The Morgan fingerprint density at radius 2 is 2.11 bits per heavy atom. The van der Waals surface area contributed by atoms with E-state index in [0.29, 0.717) is 6.54 Å². The molecule has 3 amide bonds. The van der Waals surface area contributed by atoms with Crippen LogP contribution in [-0.4, -0.2) is 61.8 Å². The zero-order valence-electron chi connectivity index (χ0n) is 10.5. The zero-order chi connectivity index (χ0) is 14.5. The van der Waals surface area contributed by atoms with Crippen LogP contribution in [0, 0.1) is 0 Å². The van der Waals surface area contributed by atoms with Crippen molar-refractivity contribution in [2.24, 2.45) is 0 Å². The molecule has 0 aromatic carbocycles. The first kappa shape index (κ1) is 15.7. The smallest absolute Gasteiger partial charge is 0.329 e. The lowest BCUT2D eigenvalue weighted by atomic mass is 10.2. The second kappa shape index (κ2) is 6.71. The summed E-state index contributed by atoms with van der Waals surface area (Å²) in [5.74, 6) is -0.617. The maximum atomic E-state index is 11.8. The van der Waals surface area contributed by atoms with Gasteiger partial charge < -0.3 is 10.6 Å². The molecule has 9 heteroatoms. The molecule has 1 aliphatic heterocycles. The molecule has 3 N–H and O–H groups in total. The second-order valence-corrected chi connectivity index (χ2v) is 4.37. The maximum absolute atomic E-state index is 11.8. The van der Waals surface area contributed by atoms with Gasteiger partial charge in [-0.25, -0.2) is 4.79 Å². The van der Waals surface area contributed by atoms with Crippen LogP contribution in [0.1, 0.15) is 6.92 Å². The fourth-order valence-electron chi connectivity index (χ4n) is 1.69. The quantitative estimate of drug-likeness (QED) is 0.662. The van der Waals surface area contributed by atoms with Gasteiger partial charge in [-0.2, -0.15) is 13.2 Å². The molecule has 0 aromatic rings. The Morgan fingerprint density at radius 1 is 1.42 bits per heavy atom. The number of hydrogen-bond acceptors (Lipinski definition) is 4. The highest BCUT2D eigenvalue weighted by Crippen LogP contribution is 2.11. The molecule has 1 rings (SSSR count). The number of halogens is 3. The highest BCUT2D eigenvalue weighted by atomic mass is 19.4. The van der Waals surface area contributed by atoms with Crippen LogP contribution in [-0.2, 0) is 4.79 Å². The molecule has 0 spiro atoms. The van der Waals surface area contributed by atoms with Crippen molar-refractivity contribution in [2.75, 3.05) is 32.7 Å². The first-order chi connectivity index (χ1) is 8.78. The molecule has 0 radical (unpaired) electrons. The minimum Gasteiger partial charge on any atom is -0.329 e. The lowest BCUT2D eigenvalue weighted by molar-refractivity contribution is -0.125. The Hall–Kier alpha value is -1.35. The molecule has 1 fully saturated rings. The van der Waals surface area contributed by atoms with E-state index in [1.807, 2.05) is 17.1 Å². The molecule has 1 saturated heterocycles. The third kappa shape index (κ3) is 6.39. The minimum absolute atomic E-state index is 0.0116. The number of imide groups is 1. The Kier molecular flexibility index (Phi) is 5.55. The van der Waals surface area contributed by atoms with E-state index in [2.05, 4.69) is 5.32 Å². The standard InChI is InChI=1S/C10H17F3N4O2/c1-7-4-14-2-3-17(7)5-8(18)16-9(19)15-6-10(11,12)13/h7,14H,2-6H2,1H3,(H2,15,16,18,19)/t7-/m1/s1. The van der Waals surface area contributed by atoms with Gasteiger partial charge >= 0.3 is 12.2 Å². The van der Waals surface area contributed by atoms with Crippen molar-refractivity contribution < 1.29 is 22.8 Å². The van der Waals surface area contributed by atoms with Crippen LogP contribution in [0.5, 0.6) is 0 Å². The van der Waals surface area contributed by atoms with Gasteiger partial charge in [0.25, 0.3) is 0 Å². The van der Waals surface area contributed by atoms with Gasteiger partial charge in [0.05, 0.1) is 6.54 Å². The summed E-state index contributed by atoms with van der Waals surface area (Å²) in [4.78, 5) is 24.4. The van der Waals surface area contributed by atoms with Crippen LogP contribution in [0.3, 0.4) is 0 Å². The van der Waals surface area contributed by atoms with Gasteiger partial charge in [0.2, 0.25) is 5.91 Å². The highest BCUT2D eigenvalue weighted by molar-refractivity contribution is 5.95. The highest BCUT2D eigenvalue weighted by Gasteiger charge is 2.28. The van der Waals surface area contributed by atoms with Crippen LogP contribution >= 0.6 is 0 Å². The number of alkyl halides is 3. The lowest BCUT2D eigenvalue weighted by Crippen LogP contribution is -2.54. The van der Waals surface area contributed by atoms with E-state index in [1.165, 1.54) is 0 Å². The number of hydrogen-bond donors (Lipinski definition) is 3. The topological polar surface area (TPSA) is 73.5 Å². The molecular formula is C10H17F3N4O2. The molecule has 1 heterocycles. The largest absolute Gasteiger partial charge is 0.405 e. The van der Waals surface area contributed by atoms with Gasteiger partial charge in [-0.05, 0) is 6.92 Å². The predicted octanol–water partition coefficient (Wildman–Crippen LogP) is -0.332. The first-order valence-electron chi connectivity index (χ1n) is 5.87. The number of rotatable bonds is 3. The SMILES string of the molecule is C[C@@H]1CNCCN1CC(=O)NC(=O)NCC(F)(F)F. The van der Waals surface area contributed by atoms with Crippen LogP contribution in [0.2, 0.25) is 0 Å². The Balaban J connectivity index is 2.28. The van der Waals surface area contributed by atoms with Crippen molar-refractivity contribution in [3.8, 4) is 0 Å². The normalized spacial score (nSPS) is 20.9. The van der Waals surface area contributed by atoms with E-state index >= 15 is 0 Å². The summed E-state index contributed by atoms with van der Waals surface area (Å²) >= 11 is 0. The Bertz CT molecular complexity index is 335. The summed E-state index contributed by atoms with van der Waals surface area (Å²) < 4.78 is 35.5. The number of nitrogens with zero attached hydrogens (tertiary/aromatic N) is 1. The Labute approximate surface area is 108 Å². The van der Waals surface area contributed by atoms with Gasteiger partial charge in [-0.3, -0.25) is 15.0 Å². The molecule has 19 heavy (non-hydrogen) atoms. The van der Waals surface area contributed by atoms with Crippen molar-refractivity contribution in [3.63, 3.8) is 0 Å². The average molecular weight is 282 g/mol. The summed E-state index contributed by atoms with van der Waals surface area (Å²) in [5.41, 5.74) is 0. The van der Waals surface area contributed by atoms with E-state index in [1.54, 1.807) is 5.32 Å². The summed E-state index contributed by atoms with van der Waals surface area (Å²) in [6, 6.07) is -0.997. The number of urea groups is 1. The zero-order valence-corrected chi connectivity index (χ0v) is 10.5. The molecule has 0 saturated carbocycles. The number of carbonyl (C=O) groups excluding carboxylic acids is 2. The summed E-state index contributed by atoms with van der Waals surface area (Å²) in [7, 11) is 0. The van der Waals surface area contributed by atoms with E-state index in [4.69, 9.17) is 0 Å². The second-order valence-electron chi connectivity index (χ2n) is 4.37. The lowest BCUT2D eigenvalue weighted by Gasteiger charge is -2.33. The molecule has 0 bridgehead atoms. The van der Waals surface area contributed by atoms with Crippen molar-refractivity contribution in [2.45, 2.75) is 19.1 Å². The predicted molar refractivity (Wildman–Crippen MR) is 61.5 cm³/mol. The van der Waals surface area contributed by atoms with Gasteiger partial charge in [-0.1, -0.05) is 0 Å². The molecule has 110 valence electrons. The first-order valence-corrected chi connectivity index (χ1v) is 5.87. The van der Waals surface area contributed by atoms with Crippen LogP contribution in [0.25, 0.3) is 0 Å². The third-order valence-electron chi connectivity index (χ3n) is 2.69. The third-order valence-corrected chi connectivity index (χ3v) is 2.69. The molecule has 1 aliphatic rings.